The van der Waals surface area contributed by atoms with Crippen LogP contribution in [0, 0.1) is 17.2 Å². The number of hydrogen-bond acceptors (Lipinski definition) is 3. The lowest BCUT2D eigenvalue weighted by Gasteiger charge is -2.29. The second kappa shape index (κ2) is 8.08. The van der Waals surface area contributed by atoms with Crippen LogP contribution in [0.4, 0.5) is 0 Å². The maximum Gasteiger partial charge on any atom is 0.109 e. The Morgan fingerprint density at radius 2 is 2.29 bits per heavy atom. The van der Waals surface area contributed by atoms with E-state index in [4.69, 9.17) is 11.6 Å². The highest BCUT2D eigenvalue weighted by Crippen LogP contribution is 2.38. The third kappa shape index (κ3) is 4.16. The Balaban J connectivity index is 1.81. The first kappa shape index (κ1) is 16.7. The molecule has 1 saturated carbocycles. The maximum atomic E-state index is 9.55. The van der Waals surface area contributed by atoms with Crippen LogP contribution in [0.3, 0.4) is 0 Å². The molecule has 1 aliphatic rings. The van der Waals surface area contributed by atoms with Crippen LogP contribution >= 0.6 is 23.4 Å². The van der Waals surface area contributed by atoms with Crippen molar-refractivity contribution in [2.75, 3.05) is 12.3 Å². The number of rotatable bonds is 7. The zero-order valence-corrected chi connectivity index (χ0v) is 14.1. The third-order valence-corrected chi connectivity index (χ3v) is 5.75. The second-order valence-electron chi connectivity index (χ2n) is 5.64. The van der Waals surface area contributed by atoms with Crippen LogP contribution in [0.15, 0.2) is 24.3 Å². The fourth-order valence-electron chi connectivity index (χ4n) is 3.23. The summed E-state index contributed by atoms with van der Waals surface area (Å²) in [5.74, 6) is 2.53. The summed E-state index contributed by atoms with van der Waals surface area (Å²) in [5, 5.41) is 13.8. The summed E-state index contributed by atoms with van der Waals surface area (Å²) in [6.07, 6.45) is 4.44. The first-order chi connectivity index (χ1) is 10.2. The third-order valence-electron chi connectivity index (χ3n) is 4.34. The molecular weight excluding hydrogens is 300 g/mol. The Morgan fingerprint density at radius 1 is 1.48 bits per heavy atom. The number of halogens is 1. The minimum Gasteiger partial charge on any atom is -0.299 e. The molecule has 0 amide bonds. The van der Waals surface area contributed by atoms with Crippen LogP contribution in [0.25, 0.3) is 0 Å². The molecule has 2 nitrogen and oxygen atoms in total. The van der Waals surface area contributed by atoms with Gasteiger partial charge >= 0.3 is 0 Å². The summed E-state index contributed by atoms with van der Waals surface area (Å²) in [6, 6.07) is 10.6. The minimum absolute atomic E-state index is 0.278. The van der Waals surface area contributed by atoms with E-state index in [-0.39, 0.29) is 5.54 Å². The molecule has 1 aliphatic carbocycles. The highest BCUT2D eigenvalue weighted by atomic mass is 35.5. The van der Waals surface area contributed by atoms with Crippen molar-refractivity contribution in [2.45, 2.75) is 43.9 Å². The zero-order valence-electron chi connectivity index (χ0n) is 12.6. The van der Waals surface area contributed by atoms with Crippen molar-refractivity contribution in [3.05, 3.63) is 34.9 Å². The monoisotopic (exact) mass is 322 g/mol. The molecule has 0 aromatic heterocycles. The van der Waals surface area contributed by atoms with Crippen LogP contribution in [0.5, 0.6) is 0 Å². The van der Waals surface area contributed by atoms with Gasteiger partial charge in [-0.2, -0.15) is 17.0 Å². The quantitative estimate of drug-likeness (QED) is 0.743. The molecule has 0 saturated heterocycles. The van der Waals surface area contributed by atoms with Gasteiger partial charge in [-0.05, 0) is 49.1 Å². The lowest BCUT2D eigenvalue weighted by Crippen LogP contribution is -2.47. The fraction of sp³-hybridized carbons (Fsp3) is 0.588. The van der Waals surface area contributed by atoms with E-state index in [1.54, 1.807) is 0 Å². The number of nitriles is 1. The van der Waals surface area contributed by atoms with Crippen molar-refractivity contribution < 1.29 is 0 Å². The molecule has 0 heterocycles. The van der Waals surface area contributed by atoms with Crippen LogP contribution in [-0.2, 0) is 5.75 Å². The number of benzene rings is 1. The van der Waals surface area contributed by atoms with E-state index in [9.17, 15) is 5.26 Å². The summed E-state index contributed by atoms with van der Waals surface area (Å²) >= 11 is 8.09. The maximum absolute atomic E-state index is 9.55. The van der Waals surface area contributed by atoms with Gasteiger partial charge in [-0.25, -0.2) is 0 Å². The summed E-state index contributed by atoms with van der Waals surface area (Å²) < 4.78 is 0. The lowest BCUT2D eigenvalue weighted by atomic mass is 9.86. The van der Waals surface area contributed by atoms with Crippen molar-refractivity contribution in [3.63, 3.8) is 0 Å². The Hall–Kier alpha value is -0.690. The summed E-state index contributed by atoms with van der Waals surface area (Å²) in [5.41, 5.74) is 0.925. The van der Waals surface area contributed by atoms with Gasteiger partial charge in [-0.3, -0.25) is 5.32 Å². The first-order valence-electron chi connectivity index (χ1n) is 7.69. The molecule has 2 rings (SSSR count). The molecule has 0 aliphatic heterocycles. The Morgan fingerprint density at radius 3 is 3.00 bits per heavy atom. The van der Waals surface area contributed by atoms with E-state index >= 15 is 0 Å². The number of nitrogens with one attached hydrogen (secondary N) is 1. The molecular formula is C17H23ClN2S. The highest BCUT2D eigenvalue weighted by molar-refractivity contribution is 7.98. The minimum atomic E-state index is -0.278. The van der Waals surface area contributed by atoms with Gasteiger partial charge in [-0.1, -0.05) is 43.1 Å². The first-order valence-corrected chi connectivity index (χ1v) is 9.22. The molecule has 0 bridgehead atoms. The Labute approximate surface area is 137 Å². The Kier molecular flexibility index (Phi) is 6.41. The van der Waals surface area contributed by atoms with Crippen LogP contribution in [0.2, 0.25) is 5.02 Å². The smallest absolute Gasteiger partial charge is 0.109 e. The summed E-state index contributed by atoms with van der Waals surface area (Å²) in [6.45, 7) is 2.96. The molecule has 1 aromatic carbocycles. The van der Waals surface area contributed by atoms with Gasteiger partial charge in [0.05, 0.1) is 6.07 Å². The Bertz CT molecular complexity index is 500. The van der Waals surface area contributed by atoms with Gasteiger partial charge in [0.15, 0.2) is 0 Å². The van der Waals surface area contributed by atoms with Crippen molar-refractivity contribution in [3.8, 4) is 6.07 Å². The SMILES string of the molecule is CCNC1(C#N)CCCC1CCSCc1ccccc1Cl. The van der Waals surface area contributed by atoms with E-state index in [1.807, 2.05) is 30.0 Å². The van der Waals surface area contributed by atoms with Gasteiger partial charge in [-0.15, -0.1) is 0 Å². The van der Waals surface area contributed by atoms with Gasteiger partial charge in [0, 0.05) is 10.8 Å². The average molecular weight is 323 g/mol. The van der Waals surface area contributed by atoms with E-state index in [0.717, 1.165) is 35.9 Å². The molecule has 1 aromatic rings. The predicted molar refractivity (Wildman–Crippen MR) is 91.6 cm³/mol. The number of nitrogens with zero attached hydrogens (tertiary/aromatic N) is 1. The average Bonchev–Trinajstić information content (AvgIpc) is 2.89. The lowest BCUT2D eigenvalue weighted by molar-refractivity contribution is 0.317. The van der Waals surface area contributed by atoms with E-state index in [0.29, 0.717) is 5.92 Å². The van der Waals surface area contributed by atoms with Crippen molar-refractivity contribution in [1.82, 2.24) is 5.32 Å². The van der Waals surface area contributed by atoms with Crippen LogP contribution < -0.4 is 5.32 Å². The van der Waals surface area contributed by atoms with E-state index in [1.165, 1.54) is 18.4 Å². The van der Waals surface area contributed by atoms with Gasteiger partial charge in [0.25, 0.3) is 0 Å². The molecule has 1 N–H and O–H groups in total. The number of thioether (sulfide) groups is 1. The molecule has 4 heteroatoms. The highest BCUT2D eigenvalue weighted by Gasteiger charge is 2.41. The van der Waals surface area contributed by atoms with Crippen molar-refractivity contribution in [1.29, 1.82) is 5.26 Å². The molecule has 0 spiro atoms. The summed E-state index contributed by atoms with van der Waals surface area (Å²) in [4.78, 5) is 0. The van der Waals surface area contributed by atoms with Crippen molar-refractivity contribution in [2.24, 2.45) is 5.92 Å². The van der Waals surface area contributed by atoms with Gasteiger partial charge in [0.1, 0.15) is 5.54 Å². The second-order valence-corrected chi connectivity index (χ2v) is 7.15. The zero-order chi connectivity index (χ0) is 15.1. The van der Waals surface area contributed by atoms with Crippen molar-refractivity contribution >= 4 is 23.4 Å². The fourth-order valence-corrected chi connectivity index (χ4v) is 4.58. The standard InChI is InChI=1S/C17H23ClN2S/c1-2-20-17(13-19)10-5-7-15(17)9-11-21-12-14-6-3-4-8-16(14)18/h3-4,6,8,15,20H,2,5,7,9-12H2,1H3. The molecule has 2 unspecified atom stereocenters. The molecule has 114 valence electrons. The normalized spacial score (nSPS) is 24.9. The molecule has 2 atom stereocenters. The van der Waals surface area contributed by atoms with Gasteiger partial charge in [0.2, 0.25) is 0 Å². The predicted octanol–water partition coefficient (Wildman–Crippen LogP) is 4.64. The van der Waals surface area contributed by atoms with E-state index < -0.39 is 0 Å². The largest absolute Gasteiger partial charge is 0.299 e. The number of hydrogen-bond donors (Lipinski definition) is 1. The van der Waals surface area contributed by atoms with Crippen LogP contribution in [-0.4, -0.2) is 17.8 Å². The summed E-state index contributed by atoms with van der Waals surface area (Å²) in [7, 11) is 0. The topological polar surface area (TPSA) is 35.8 Å². The van der Waals surface area contributed by atoms with Gasteiger partial charge < -0.3 is 0 Å². The molecule has 1 fully saturated rings. The molecule has 0 radical (unpaired) electrons. The van der Waals surface area contributed by atoms with E-state index in [2.05, 4.69) is 24.4 Å². The van der Waals surface area contributed by atoms with Crippen LogP contribution in [0.1, 0.15) is 38.2 Å². The molecule has 21 heavy (non-hydrogen) atoms.